The van der Waals surface area contributed by atoms with Crippen LogP contribution in [-0.4, -0.2) is 23.3 Å². The van der Waals surface area contributed by atoms with E-state index < -0.39 is 0 Å². The van der Waals surface area contributed by atoms with Crippen LogP contribution < -0.4 is 15.4 Å². The number of amides is 2. The first-order valence-electron chi connectivity index (χ1n) is 9.02. The second-order valence-electron chi connectivity index (χ2n) is 6.76. The van der Waals surface area contributed by atoms with Gasteiger partial charge >= 0.3 is 6.03 Å². The summed E-state index contributed by atoms with van der Waals surface area (Å²) in [4.78, 5) is 12.6. The van der Waals surface area contributed by atoms with Crippen LogP contribution in [0.15, 0.2) is 48.5 Å². The van der Waals surface area contributed by atoms with Gasteiger partial charge < -0.3 is 15.4 Å². The number of aryl methyl sites for hydroxylation is 1. The van der Waals surface area contributed by atoms with Crippen LogP contribution in [0.2, 0.25) is 0 Å². The number of hydrogen-bond acceptors (Lipinski definition) is 3. The number of ether oxygens (including phenoxy) is 1. The third-order valence-electron chi connectivity index (χ3n) is 4.78. The van der Waals surface area contributed by atoms with Crippen LogP contribution in [0.1, 0.15) is 30.0 Å². The summed E-state index contributed by atoms with van der Waals surface area (Å²) in [6.07, 6.45) is 2.22. The van der Waals surface area contributed by atoms with E-state index in [1.807, 2.05) is 55.5 Å². The Labute approximate surface area is 158 Å². The summed E-state index contributed by atoms with van der Waals surface area (Å²) in [5, 5.41) is 13.5. The number of methoxy groups -OCH3 is 1. The minimum atomic E-state index is -0.276. The second kappa shape index (κ2) is 7.15. The normalized spacial score (nSPS) is 13.3. The molecule has 4 rings (SSSR count). The molecule has 1 saturated carbocycles. The molecule has 1 aliphatic carbocycles. The Morgan fingerprint density at radius 2 is 1.85 bits per heavy atom. The van der Waals surface area contributed by atoms with E-state index in [1.165, 1.54) is 0 Å². The Balaban J connectivity index is 1.61. The maximum absolute atomic E-state index is 12.6. The molecule has 3 N–H and O–H groups in total. The molecular weight excluding hydrogens is 340 g/mol. The van der Waals surface area contributed by atoms with Gasteiger partial charge in [0.2, 0.25) is 0 Å². The topological polar surface area (TPSA) is 79.0 Å². The predicted molar refractivity (Wildman–Crippen MR) is 106 cm³/mol. The number of benzene rings is 2. The maximum Gasteiger partial charge on any atom is 0.323 e. The molecule has 2 aromatic carbocycles. The quantitative estimate of drug-likeness (QED) is 0.603. The number of para-hydroxylation sites is 1. The van der Waals surface area contributed by atoms with Crippen molar-refractivity contribution >= 4 is 17.4 Å². The monoisotopic (exact) mass is 362 g/mol. The van der Waals surface area contributed by atoms with Crippen LogP contribution >= 0.6 is 0 Å². The molecule has 0 saturated heterocycles. The minimum Gasteiger partial charge on any atom is -0.497 e. The van der Waals surface area contributed by atoms with Crippen molar-refractivity contribution in [2.45, 2.75) is 25.7 Å². The Morgan fingerprint density at radius 3 is 2.52 bits per heavy atom. The summed E-state index contributed by atoms with van der Waals surface area (Å²) in [5.74, 6) is 1.21. The molecule has 1 aromatic heterocycles. The number of H-pyrrole nitrogens is 1. The molecule has 0 atom stereocenters. The number of nitrogens with one attached hydrogen (secondary N) is 3. The molecular formula is C21H22N4O2. The number of aromatic amines is 1. The average molecular weight is 362 g/mol. The molecule has 0 unspecified atom stereocenters. The number of rotatable bonds is 5. The molecule has 6 nitrogen and oxygen atoms in total. The van der Waals surface area contributed by atoms with Gasteiger partial charge in [0.15, 0.2) is 0 Å². The molecule has 0 spiro atoms. The SMILES string of the molecule is COc1ccc(-c2n[nH]c(C3CC3)c2NC(=O)Nc2ccccc2C)cc1. The molecule has 0 radical (unpaired) electrons. The van der Waals surface area contributed by atoms with Crippen molar-refractivity contribution in [2.75, 3.05) is 17.7 Å². The lowest BCUT2D eigenvalue weighted by atomic mass is 10.1. The molecule has 0 bridgehead atoms. The van der Waals surface area contributed by atoms with Gasteiger partial charge in [0, 0.05) is 17.2 Å². The van der Waals surface area contributed by atoms with E-state index in [-0.39, 0.29) is 6.03 Å². The summed E-state index contributed by atoms with van der Waals surface area (Å²) in [6, 6.07) is 15.1. The molecule has 0 aliphatic heterocycles. The van der Waals surface area contributed by atoms with Crippen molar-refractivity contribution in [3.63, 3.8) is 0 Å². The zero-order valence-electron chi connectivity index (χ0n) is 15.4. The van der Waals surface area contributed by atoms with Gasteiger partial charge in [-0.1, -0.05) is 18.2 Å². The predicted octanol–water partition coefficient (Wildman–Crippen LogP) is 4.92. The Kier molecular flexibility index (Phi) is 4.54. The van der Waals surface area contributed by atoms with Crippen molar-refractivity contribution in [2.24, 2.45) is 0 Å². The van der Waals surface area contributed by atoms with Crippen LogP contribution in [0, 0.1) is 6.92 Å². The van der Waals surface area contributed by atoms with Gasteiger partial charge in [-0.3, -0.25) is 5.10 Å². The van der Waals surface area contributed by atoms with Crippen molar-refractivity contribution in [3.05, 3.63) is 59.8 Å². The highest BCUT2D eigenvalue weighted by Crippen LogP contribution is 2.45. The fourth-order valence-corrected chi connectivity index (χ4v) is 3.09. The number of anilines is 2. The zero-order valence-corrected chi connectivity index (χ0v) is 15.4. The summed E-state index contributed by atoms with van der Waals surface area (Å²) in [5.41, 5.74) is 5.19. The van der Waals surface area contributed by atoms with Gasteiger partial charge in [-0.15, -0.1) is 0 Å². The van der Waals surface area contributed by atoms with Gasteiger partial charge in [0.1, 0.15) is 11.4 Å². The van der Waals surface area contributed by atoms with E-state index in [1.54, 1.807) is 7.11 Å². The third kappa shape index (κ3) is 3.65. The lowest BCUT2D eigenvalue weighted by Gasteiger charge is -2.11. The lowest BCUT2D eigenvalue weighted by molar-refractivity contribution is 0.262. The number of carbonyl (C=O) groups excluding carboxylic acids is 1. The first kappa shape index (κ1) is 17.1. The summed E-state index contributed by atoms with van der Waals surface area (Å²) in [6.45, 7) is 1.96. The Bertz CT molecular complexity index is 959. The molecule has 1 aliphatic rings. The smallest absolute Gasteiger partial charge is 0.323 e. The minimum absolute atomic E-state index is 0.276. The Morgan fingerprint density at radius 1 is 1.11 bits per heavy atom. The van der Waals surface area contributed by atoms with Crippen molar-refractivity contribution in [3.8, 4) is 17.0 Å². The van der Waals surface area contributed by atoms with Crippen molar-refractivity contribution in [1.29, 1.82) is 0 Å². The molecule has 138 valence electrons. The van der Waals surface area contributed by atoms with E-state index in [2.05, 4.69) is 20.8 Å². The van der Waals surface area contributed by atoms with Gasteiger partial charge in [-0.25, -0.2) is 4.79 Å². The first-order valence-corrected chi connectivity index (χ1v) is 9.02. The number of nitrogens with zero attached hydrogens (tertiary/aromatic N) is 1. The van der Waals surface area contributed by atoms with Gasteiger partial charge in [0.25, 0.3) is 0 Å². The number of hydrogen-bond donors (Lipinski definition) is 3. The molecule has 2 amide bonds. The fraction of sp³-hybridized carbons (Fsp3) is 0.238. The van der Waals surface area contributed by atoms with Gasteiger partial charge in [-0.05, 0) is 55.7 Å². The standard InChI is InChI=1S/C21H22N4O2/c1-13-5-3-4-6-17(13)22-21(26)23-20-18(14-7-8-14)24-25-19(20)15-9-11-16(27-2)12-10-15/h3-6,9-12,14H,7-8H2,1-2H3,(H,24,25)(H2,22,23,26). The lowest BCUT2D eigenvalue weighted by Crippen LogP contribution is -2.20. The largest absolute Gasteiger partial charge is 0.497 e. The van der Waals surface area contributed by atoms with Gasteiger partial charge in [-0.2, -0.15) is 5.10 Å². The summed E-state index contributed by atoms with van der Waals surface area (Å²) in [7, 11) is 1.64. The number of aromatic nitrogens is 2. The van der Waals surface area contributed by atoms with Crippen LogP contribution in [0.25, 0.3) is 11.3 Å². The average Bonchev–Trinajstić information content (AvgIpc) is 3.45. The summed E-state index contributed by atoms with van der Waals surface area (Å²) >= 11 is 0. The third-order valence-corrected chi connectivity index (χ3v) is 4.78. The van der Waals surface area contributed by atoms with Crippen LogP contribution in [0.4, 0.5) is 16.2 Å². The fourth-order valence-electron chi connectivity index (χ4n) is 3.09. The highest BCUT2D eigenvalue weighted by atomic mass is 16.5. The number of carbonyl (C=O) groups is 1. The van der Waals surface area contributed by atoms with Crippen molar-refractivity contribution in [1.82, 2.24) is 10.2 Å². The highest BCUT2D eigenvalue weighted by molar-refractivity contribution is 6.03. The first-order chi connectivity index (χ1) is 13.2. The maximum atomic E-state index is 12.6. The van der Waals surface area contributed by atoms with Crippen LogP contribution in [0.3, 0.4) is 0 Å². The van der Waals surface area contributed by atoms with Crippen LogP contribution in [-0.2, 0) is 0 Å². The van der Waals surface area contributed by atoms with E-state index in [0.29, 0.717) is 5.92 Å². The molecule has 6 heteroatoms. The summed E-state index contributed by atoms with van der Waals surface area (Å²) < 4.78 is 5.22. The van der Waals surface area contributed by atoms with Crippen molar-refractivity contribution < 1.29 is 9.53 Å². The van der Waals surface area contributed by atoms with E-state index >= 15 is 0 Å². The molecule has 1 heterocycles. The van der Waals surface area contributed by atoms with Gasteiger partial charge in [0.05, 0.1) is 18.5 Å². The zero-order chi connectivity index (χ0) is 18.8. The number of urea groups is 1. The van der Waals surface area contributed by atoms with Crippen LogP contribution in [0.5, 0.6) is 5.75 Å². The molecule has 3 aromatic rings. The molecule has 1 fully saturated rings. The van der Waals surface area contributed by atoms with E-state index in [9.17, 15) is 4.79 Å². The Hall–Kier alpha value is -3.28. The van der Waals surface area contributed by atoms with E-state index in [0.717, 1.165) is 52.5 Å². The highest BCUT2D eigenvalue weighted by Gasteiger charge is 2.31. The molecule has 27 heavy (non-hydrogen) atoms. The second-order valence-corrected chi connectivity index (χ2v) is 6.76. The van der Waals surface area contributed by atoms with E-state index in [4.69, 9.17) is 4.74 Å².